The molecule has 0 aliphatic heterocycles. The minimum atomic E-state index is -3.76. The Morgan fingerprint density at radius 3 is 2.75 bits per heavy atom. The van der Waals surface area contributed by atoms with E-state index in [1.54, 1.807) is 6.92 Å². The van der Waals surface area contributed by atoms with Crippen LogP contribution in [0.3, 0.4) is 0 Å². The van der Waals surface area contributed by atoms with E-state index < -0.39 is 20.6 Å². The van der Waals surface area contributed by atoms with Gasteiger partial charge in [0, 0.05) is 18.8 Å². The molecule has 0 unspecified atom stereocenters. The van der Waals surface area contributed by atoms with Crippen molar-refractivity contribution in [2.45, 2.75) is 11.8 Å². The molecule has 1 rings (SSSR count). The summed E-state index contributed by atoms with van der Waals surface area (Å²) in [6, 6.07) is 0.875. The van der Waals surface area contributed by atoms with Crippen LogP contribution in [0.2, 0.25) is 0 Å². The van der Waals surface area contributed by atoms with Crippen molar-refractivity contribution in [1.29, 1.82) is 0 Å². The maximum absolute atomic E-state index is 11.5. The van der Waals surface area contributed by atoms with Crippen molar-refractivity contribution < 1.29 is 13.3 Å². The number of nitrogen functional groups attached to an aromatic ring is 1. The van der Waals surface area contributed by atoms with Gasteiger partial charge in [-0.25, -0.2) is 18.1 Å². The minimum Gasteiger partial charge on any atom is -0.378 e. The number of nitro groups is 1. The van der Waals surface area contributed by atoms with Gasteiger partial charge in [0.25, 0.3) is 0 Å². The Bertz CT molecular complexity index is 513. The van der Waals surface area contributed by atoms with Crippen LogP contribution in [0.25, 0.3) is 0 Å². The molecule has 16 heavy (non-hydrogen) atoms. The number of aromatic nitrogens is 1. The van der Waals surface area contributed by atoms with Gasteiger partial charge in [-0.05, 0) is 0 Å². The first-order valence-corrected chi connectivity index (χ1v) is 5.76. The van der Waals surface area contributed by atoms with Gasteiger partial charge in [0.05, 0.1) is 4.92 Å². The summed E-state index contributed by atoms with van der Waals surface area (Å²) in [6.45, 7) is 1.77. The fourth-order valence-electron chi connectivity index (χ4n) is 1.01. The van der Waals surface area contributed by atoms with Gasteiger partial charge in [0.15, 0.2) is 0 Å². The number of nitrogens with one attached hydrogen (secondary N) is 1. The first-order chi connectivity index (χ1) is 7.38. The molecule has 0 amide bonds. The van der Waals surface area contributed by atoms with Crippen molar-refractivity contribution in [3.05, 3.63) is 22.4 Å². The zero-order valence-electron chi connectivity index (χ0n) is 8.37. The first-order valence-electron chi connectivity index (χ1n) is 4.28. The van der Waals surface area contributed by atoms with Crippen LogP contribution in [0.4, 0.5) is 11.5 Å². The van der Waals surface area contributed by atoms with Gasteiger partial charge in [0.2, 0.25) is 15.8 Å². The summed E-state index contributed by atoms with van der Waals surface area (Å²) in [4.78, 5) is 12.9. The third-order valence-electron chi connectivity index (χ3n) is 1.71. The van der Waals surface area contributed by atoms with Crippen LogP contribution in [-0.4, -0.2) is 24.9 Å². The van der Waals surface area contributed by atoms with Crippen LogP contribution in [0.1, 0.15) is 6.92 Å². The second kappa shape index (κ2) is 4.41. The second-order valence-corrected chi connectivity index (χ2v) is 4.60. The Balaban J connectivity index is 3.28. The van der Waals surface area contributed by atoms with Gasteiger partial charge < -0.3 is 5.73 Å². The topological polar surface area (TPSA) is 128 Å². The Hall–Kier alpha value is -1.74. The number of hydrogen-bond acceptors (Lipinski definition) is 6. The van der Waals surface area contributed by atoms with E-state index in [2.05, 4.69) is 9.71 Å². The van der Waals surface area contributed by atoms with Crippen LogP contribution in [-0.2, 0) is 10.0 Å². The van der Waals surface area contributed by atoms with Gasteiger partial charge in [-0.1, -0.05) is 6.92 Å². The molecule has 0 bridgehead atoms. The zero-order chi connectivity index (χ0) is 12.3. The van der Waals surface area contributed by atoms with E-state index in [1.165, 1.54) is 0 Å². The number of rotatable bonds is 4. The van der Waals surface area contributed by atoms with Gasteiger partial charge in [-0.2, -0.15) is 0 Å². The smallest absolute Gasteiger partial charge is 0.312 e. The molecule has 0 fully saturated rings. The molecule has 0 saturated heterocycles. The van der Waals surface area contributed by atoms with Gasteiger partial charge in [-0.3, -0.25) is 10.1 Å². The zero-order valence-corrected chi connectivity index (χ0v) is 9.19. The Kier molecular flexibility index (Phi) is 3.40. The lowest BCUT2D eigenvalue weighted by molar-refractivity contribution is -0.384. The Morgan fingerprint density at radius 2 is 2.25 bits per heavy atom. The van der Waals surface area contributed by atoms with Crippen molar-refractivity contribution in [2.75, 3.05) is 12.3 Å². The van der Waals surface area contributed by atoms with Crippen LogP contribution in [0.15, 0.2) is 17.2 Å². The molecule has 1 heterocycles. The van der Waals surface area contributed by atoms with E-state index in [4.69, 9.17) is 5.73 Å². The van der Waals surface area contributed by atoms with Gasteiger partial charge in [-0.15, -0.1) is 0 Å². The molecule has 9 heteroatoms. The van der Waals surface area contributed by atoms with Gasteiger partial charge >= 0.3 is 5.69 Å². The number of anilines is 1. The normalized spacial score (nSPS) is 11.3. The molecule has 0 aliphatic carbocycles. The number of nitrogens with two attached hydrogens (primary N) is 1. The van der Waals surface area contributed by atoms with E-state index in [0.717, 1.165) is 12.3 Å². The second-order valence-electron chi connectivity index (χ2n) is 2.83. The standard InChI is InChI=1S/C7H10N4O4S/c1-2-10-16(14,15)5-3-6(11(12)13)7(8)9-4-5/h3-4,10H,2H2,1H3,(H2,8,9). The quantitative estimate of drug-likeness (QED) is 0.562. The van der Waals surface area contributed by atoms with Crippen molar-refractivity contribution in [3.63, 3.8) is 0 Å². The monoisotopic (exact) mass is 246 g/mol. The summed E-state index contributed by atoms with van der Waals surface area (Å²) < 4.78 is 25.2. The van der Waals surface area contributed by atoms with Crippen molar-refractivity contribution >= 4 is 21.5 Å². The number of sulfonamides is 1. The summed E-state index contributed by atoms with van der Waals surface area (Å²) in [5, 5.41) is 10.5. The molecule has 1 aromatic heterocycles. The Labute approximate surface area is 91.7 Å². The molecule has 8 nitrogen and oxygen atoms in total. The fraction of sp³-hybridized carbons (Fsp3) is 0.286. The summed E-state index contributed by atoms with van der Waals surface area (Å²) >= 11 is 0. The molecule has 0 aliphatic rings. The van der Waals surface area contributed by atoms with Crippen LogP contribution in [0, 0.1) is 10.1 Å². The average Bonchev–Trinajstić information content (AvgIpc) is 2.17. The van der Waals surface area contributed by atoms with E-state index in [1.807, 2.05) is 0 Å². The van der Waals surface area contributed by atoms with E-state index in [0.29, 0.717) is 0 Å². The highest BCUT2D eigenvalue weighted by atomic mass is 32.2. The summed E-state index contributed by atoms with van der Waals surface area (Å²) in [5.41, 5.74) is 4.71. The SMILES string of the molecule is CCNS(=O)(=O)c1cnc(N)c([N+](=O)[O-])c1. The average molecular weight is 246 g/mol. The first kappa shape index (κ1) is 12.3. The van der Waals surface area contributed by atoms with Crippen molar-refractivity contribution in [2.24, 2.45) is 0 Å². The summed E-state index contributed by atoms with van der Waals surface area (Å²) in [7, 11) is -3.76. The fourth-order valence-corrected chi connectivity index (χ4v) is 2.02. The molecule has 0 aromatic carbocycles. The van der Waals surface area contributed by atoms with Crippen molar-refractivity contribution in [1.82, 2.24) is 9.71 Å². The van der Waals surface area contributed by atoms with Gasteiger partial charge in [0.1, 0.15) is 4.90 Å². The molecule has 0 saturated carbocycles. The Morgan fingerprint density at radius 1 is 1.62 bits per heavy atom. The minimum absolute atomic E-state index is 0.181. The lowest BCUT2D eigenvalue weighted by atomic mass is 10.4. The molecule has 0 atom stereocenters. The van der Waals surface area contributed by atoms with Crippen molar-refractivity contribution in [3.8, 4) is 0 Å². The number of nitrogens with zero attached hydrogens (tertiary/aromatic N) is 2. The molecule has 0 radical (unpaired) electrons. The van der Waals surface area contributed by atoms with Crippen LogP contribution < -0.4 is 10.5 Å². The van der Waals surface area contributed by atoms with Crippen LogP contribution >= 0.6 is 0 Å². The lowest BCUT2D eigenvalue weighted by Gasteiger charge is -2.04. The highest BCUT2D eigenvalue weighted by Gasteiger charge is 2.20. The van der Waals surface area contributed by atoms with E-state index in [9.17, 15) is 18.5 Å². The van der Waals surface area contributed by atoms with Crippen LogP contribution in [0.5, 0.6) is 0 Å². The number of hydrogen-bond donors (Lipinski definition) is 2. The lowest BCUT2D eigenvalue weighted by Crippen LogP contribution is -2.23. The van der Waals surface area contributed by atoms with E-state index in [-0.39, 0.29) is 17.3 Å². The molecular formula is C7H10N4O4S. The highest BCUT2D eigenvalue weighted by molar-refractivity contribution is 7.89. The summed E-state index contributed by atoms with van der Waals surface area (Å²) in [6.07, 6.45) is 0.973. The molecular weight excluding hydrogens is 236 g/mol. The number of pyridine rings is 1. The largest absolute Gasteiger partial charge is 0.378 e. The third-order valence-corrected chi connectivity index (χ3v) is 3.23. The predicted molar refractivity (Wildman–Crippen MR) is 56.2 cm³/mol. The highest BCUT2D eigenvalue weighted by Crippen LogP contribution is 2.21. The third kappa shape index (κ3) is 2.44. The predicted octanol–water partition coefficient (Wildman–Crippen LogP) is -0.130. The molecule has 88 valence electrons. The molecule has 1 aromatic rings. The molecule has 3 N–H and O–H groups in total. The maximum atomic E-state index is 11.5. The summed E-state index contributed by atoms with van der Waals surface area (Å²) in [5.74, 6) is -0.319. The van der Waals surface area contributed by atoms with E-state index >= 15 is 0 Å². The maximum Gasteiger partial charge on any atom is 0.312 e. The molecule has 0 spiro atoms.